The predicted molar refractivity (Wildman–Crippen MR) is 150 cm³/mol. The molecule has 37 heavy (non-hydrogen) atoms. The maximum atomic E-state index is 12.7. The second-order valence-electron chi connectivity index (χ2n) is 12.6. The highest BCUT2D eigenvalue weighted by Gasteiger charge is 2.36. The average Bonchev–Trinajstić information content (AvgIpc) is 2.81. The van der Waals surface area contributed by atoms with Crippen molar-refractivity contribution in [2.45, 2.75) is 92.9 Å². The van der Waals surface area contributed by atoms with Gasteiger partial charge in [0.25, 0.3) is 0 Å². The fourth-order valence-corrected chi connectivity index (χ4v) is 5.79. The van der Waals surface area contributed by atoms with E-state index in [0.717, 1.165) is 80.2 Å². The summed E-state index contributed by atoms with van der Waals surface area (Å²) in [6.45, 7) is 21.4. The van der Waals surface area contributed by atoms with Gasteiger partial charge in [0, 0.05) is 48.7 Å². The Bertz CT molecular complexity index is 1160. The van der Waals surface area contributed by atoms with Crippen molar-refractivity contribution in [1.29, 1.82) is 0 Å². The third-order valence-electron chi connectivity index (χ3n) is 8.00. The molecule has 4 rings (SSSR count). The minimum atomic E-state index is -1.09. The fourth-order valence-electron chi connectivity index (χ4n) is 5.79. The number of ether oxygens (including phenoxy) is 1. The number of rotatable bonds is 6. The summed E-state index contributed by atoms with van der Waals surface area (Å²) in [6, 6.07) is 6.79. The smallest absolute Gasteiger partial charge is 0.337 e. The fraction of sp³-hybridized carbons (Fsp3) is 0.613. The SMILES string of the molecule is CCN1CCc2cc(-c3c(C)nc(C)c([C@H](OC(C)(C)C)C(=O)O)c3N3CCC(C)(C)CC3)ccc2C1. The number of benzene rings is 1. The molecule has 6 heteroatoms. The number of carboxylic acids is 1. The van der Waals surface area contributed by atoms with Crippen LogP contribution in [0.1, 0.15) is 88.6 Å². The van der Waals surface area contributed by atoms with Crippen LogP contribution >= 0.6 is 0 Å². The lowest BCUT2D eigenvalue weighted by Gasteiger charge is -2.41. The molecule has 0 bridgehead atoms. The van der Waals surface area contributed by atoms with Crippen LogP contribution in [0.2, 0.25) is 0 Å². The van der Waals surface area contributed by atoms with E-state index < -0.39 is 17.7 Å². The summed E-state index contributed by atoms with van der Waals surface area (Å²) in [6.07, 6.45) is 2.05. The molecule has 0 aliphatic carbocycles. The largest absolute Gasteiger partial charge is 0.479 e. The third-order valence-corrected chi connectivity index (χ3v) is 8.00. The standard InChI is InChI=1S/C31H45N3O3/c1-9-33-15-12-22-18-23(10-11-24(22)19-33)25-20(2)32-21(3)26(28(29(35)36)37-30(4,5)6)27(25)34-16-13-31(7,8)14-17-34/h10-11,18,28H,9,12-17,19H2,1-8H3,(H,35,36)/t28-/m0/s1. The number of fused-ring (bicyclic) bond motifs is 1. The lowest BCUT2D eigenvalue weighted by atomic mass is 9.81. The maximum absolute atomic E-state index is 12.7. The molecule has 0 unspecified atom stereocenters. The summed E-state index contributed by atoms with van der Waals surface area (Å²) in [4.78, 5) is 22.5. The molecule has 1 atom stereocenters. The zero-order valence-corrected chi connectivity index (χ0v) is 24.1. The van der Waals surface area contributed by atoms with Crippen molar-refractivity contribution < 1.29 is 14.6 Å². The van der Waals surface area contributed by atoms with Crippen molar-refractivity contribution in [2.75, 3.05) is 31.1 Å². The van der Waals surface area contributed by atoms with Gasteiger partial charge in [-0.1, -0.05) is 39.0 Å². The predicted octanol–water partition coefficient (Wildman–Crippen LogP) is 6.31. The lowest BCUT2D eigenvalue weighted by Crippen LogP contribution is -2.39. The maximum Gasteiger partial charge on any atom is 0.337 e. The first-order valence-corrected chi connectivity index (χ1v) is 13.8. The topological polar surface area (TPSA) is 65.9 Å². The van der Waals surface area contributed by atoms with Gasteiger partial charge in [0.1, 0.15) is 0 Å². The number of carboxylic acid groups (broad SMARTS) is 1. The van der Waals surface area contributed by atoms with Crippen LogP contribution in [0.4, 0.5) is 5.69 Å². The van der Waals surface area contributed by atoms with Crippen molar-refractivity contribution in [2.24, 2.45) is 5.41 Å². The first-order chi connectivity index (χ1) is 17.3. The lowest BCUT2D eigenvalue weighted by molar-refractivity contribution is -0.160. The summed E-state index contributed by atoms with van der Waals surface area (Å²) in [7, 11) is 0. The third kappa shape index (κ3) is 6.01. The molecule has 2 aromatic rings. The van der Waals surface area contributed by atoms with E-state index in [1.807, 2.05) is 27.7 Å². The Morgan fingerprint density at radius 1 is 1.11 bits per heavy atom. The average molecular weight is 508 g/mol. The van der Waals surface area contributed by atoms with E-state index in [1.54, 1.807) is 0 Å². The van der Waals surface area contributed by atoms with E-state index in [9.17, 15) is 9.90 Å². The highest BCUT2D eigenvalue weighted by Crippen LogP contribution is 2.45. The van der Waals surface area contributed by atoms with Crippen LogP contribution in [0.5, 0.6) is 0 Å². The molecule has 1 fully saturated rings. The normalized spacial score (nSPS) is 19.0. The van der Waals surface area contributed by atoms with Crippen molar-refractivity contribution in [3.05, 3.63) is 46.3 Å². The van der Waals surface area contributed by atoms with Gasteiger partial charge in [0.15, 0.2) is 6.10 Å². The van der Waals surface area contributed by atoms with Crippen molar-refractivity contribution >= 4 is 11.7 Å². The quantitative estimate of drug-likeness (QED) is 0.494. The molecule has 1 aromatic carbocycles. The number of pyridine rings is 1. The molecular formula is C31H45N3O3. The van der Waals surface area contributed by atoms with E-state index in [1.165, 1.54) is 11.1 Å². The van der Waals surface area contributed by atoms with Crippen molar-refractivity contribution in [3.63, 3.8) is 0 Å². The highest BCUT2D eigenvalue weighted by atomic mass is 16.5. The second kappa shape index (κ2) is 10.4. The van der Waals surface area contributed by atoms with Crippen LogP contribution in [0.3, 0.4) is 0 Å². The number of nitrogens with zero attached hydrogens (tertiary/aromatic N) is 3. The number of likely N-dealkylation sites (N-methyl/N-ethyl adjacent to an activating group) is 1. The molecule has 2 aliphatic rings. The Labute approximate surface area is 223 Å². The summed E-state index contributed by atoms with van der Waals surface area (Å²) in [5, 5.41) is 10.4. The molecule has 202 valence electrons. The molecule has 1 aromatic heterocycles. The first kappa shape index (κ1) is 27.6. The van der Waals surface area contributed by atoms with Gasteiger partial charge in [-0.2, -0.15) is 0 Å². The van der Waals surface area contributed by atoms with Crippen LogP contribution in [-0.2, 0) is 22.5 Å². The molecule has 0 radical (unpaired) electrons. The number of piperidine rings is 1. The summed E-state index contributed by atoms with van der Waals surface area (Å²) >= 11 is 0. The summed E-state index contributed by atoms with van der Waals surface area (Å²) < 4.78 is 6.21. The zero-order chi connectivity index (χ0) is 27.1. The Balaban J connectivity index is 1.92. The van der Waals surface area contributed by atoms with Crippen LogP contribution < -0.4 is 4.90 Å². The van der Waals surface area contributed by atoms with Gasteiger partial charge in [0.05, 0.1) is 11.3 Å². The van der Waals surface area contributed by atoms with Crippen LogP contribution in [0.25, 0.3) is 11.1 Å². The molecule has 0 amide bonds. The Morgan fingerprint density at radius 2 is 1.78 bits per heavy atom. The molecule has 0 spiro atoms. The molecule has 1 N–H and O–H groups in total. The molecule has 3 heterocycles. The first-order valence-electron chi connectivity index (χ1n) is 13.8. The minimum absolute atomic E-state index is 0.277. The molecule has 0 saturated carbocycles. The molecule has 2 aliphatic heterocycles. The number of carbonyl (C=O) groups is 1. The highest BCUT2D eigenvalue weighted by molar-refractivity contribution is 5.88. The molecule has 6 nitrogen and oxygen atoms in total. The number of aromatic nitrogens is 1. The van der Waals surface area contributed by atoms with E-state index >= 15 is 0 Å². The van der Waals surface area contributed by atoms with Gasteiger partial charge in [0.2, 0.25) is 0 Å². The van der Waals surface area contributed by atoms with Crippen LogP contribution in [0.15, 0.2) is 18.2 Å². The number of hydrogen-bond donors (Lipinski definition) is 1. The van der Waals surface area contributed by atoms with E-state index in [0.29, 0.717) is 5.56 Å². The van der Waals surface area contributed by atoms with E-state index in [-0.39, 0.29) is 5.41 Å². The van der Waals surface area contributed by atoms with Gasteiger partial charge < -0.3 is 14.7 Å². The molecular weight excluding hydrogens is 462 g/mol. The number of hydrogen-bond acceptors (Lipinski definition) is 5. The van der Waals surface area contributed by atoms with Gasteiger partial charge in [-0.3, -0.25) is 9.88 Å². The van der Waals surface area contributed by atoms with Gasteiger partial charge in [-0.25, -0.2) is 4.79 Å². The Hall–Kier alpha value is -2.44. The van der Waals surface area contributed by atoms with Crippen molar-refractivity contribution in [1.82, 2.24) is 9.88 Å². The number of anilines is 1. The van der Waals surface area contributed by atoms with Gasteiger partial charge in [-0.15, -0.1) is 0 Å². The molecule has 1 saturated heterocycles. The Morgan fingerprint density at radius 3 is 2.38 bits per heavy atom. The minimum Gasteiger partial charge on any atom is -0.479 e. The monoisotopic (exact) mass is 507 g/mol. The summed E-state index contributed by atoms with van der Waals surface area (Å²) in [5.41, 5.74) is 7.95. The Kier molecular flexibility index (Phi) is 7.74. The van der Waals surface area contributed by atoms with E-state index in [2.05, 4.69) is 55.7 Å². The van der Waals surface area contributed by atoms with Crippen molar-refractivity contribution in [3.8, 4) is 11.1 Å². The van der Waals surface area contributed by atoms with Crippen LogP contribution in [0, 0.1) is 19.3 Å². The van der Waals surface area contributed by atoms with Crippen LogP contribution in [-0.4, -0.2) is 52.7 Å². The van der Waals surface area contributed by atoms with Gasteiger partial charge in [-0.05, 0) is 82.5 Å². The van der Waals surface area contributed by atoms with Gasteiger partial charge >= 0.3 is 5.97 Å². The number of aryl methyl sites for hydroxylation is 2. The van der Waals surface area contributed by atoms with E-state index in [4.69, 9.17) is 9.72 Å². The number of aliphatic carboxylic acids is 1. The summed E-state index contributed by atoms with van der Waals surface area (Å²) in [5.74, 6) is -0.974. The second-order valence-corrected chi connectivity index (χ2v) is 12.6. The zero-order valence-electron chi connectivity index (χ0n) is 24.1.